The van der Waals surface area contributed by atoms with Gasteiger partial charge in [-0.3, -0.25) is 9.59 Å². The van der Waals surface area contributed by atoms with Gasteiger partial charge in [0.15, 0.2) is 0 Å². The van der Waals surface area contributed by atoms with Crippen molar-refractivity contribution >= 4 is 23.2 Å². The van der Waals surface area contributed by atoms with E-state index in [1.807, 2.05) is 94.7 Å². The van der Waals surface area contributed by atoms with Gasteiger partial charge in [0, 0.05) is 34.6 Å². The lowest BCUT2D eigenvalue weighted by Gasteiger charge is -2.35. The minimum absolute atomic E-state index is 0.0132. The highest BCUT2D eigenvalue weighted by molar-refractivity contribution is 6.09. The van der Waals surface area contributed by atoms with Crippen LogP contribution < -0.4 is 9.80 Å². The summed E-state index contributed by atoms with van der Waals surface area (Å²) in [6.45, 7) is 0. The second-order valence-electron chi connectivity index (χ2n) is 10.2. The Balaban J connectivity index is 1.40. The monoisotopic (exact) mass is 480 g/mol. The average Bonchev–Trinajstić information content (AvgIpc) is 2.96. The lowest BCUT2D eigenvalue weighted by molar-refractivity contribution is 0.0959. The fraction of sp³-hybridized carbons (Fsp3) is 0.375. The van der Waals surface area contributed by atoms with E-state index in [-0.39, 0.29) is 23.9 Å². The molecule has 0 heterocycles. The minimum atomic E-state index is 0.0132. The third-order valence-electron chi connectivity index (χ3n) is 7.76. The molecule has 0 unspecified atom stereocenters. The van der Waals surface area contributed by atoms with Crippen LogP contribution in [0.5, 0.6) is 0 Å². The Hall–Kier alpha value is -3.40. The normalized spacial score (nSPS) is 16.9. The maximum atomic E-state index is 13.8. The highest BCUT2D eigenvalue weighted by Gasteiger charge is 2.30. The van der Waals surface area contributed by atoms with E-state index in [0.717, 1.165) is 62.7 Å². The van der Waals surface area contributed by atoms with Gasteiger partial charge < -0.3 is 9.80 Å². The number of benzene rings is 3. The standard InChI is InChI=1S/C32H36N2O2/c35-31(33(27-13-5-1-6-14-27)28-15-7-2-8-16-28)25-21-23-26(24-22-25)32(36)34(29-17-9-3-10-18-29)30-19-11-4-12-20-30/h1,3,5-6,9-10,13-14,17-18,21-24,28,30H,2,4,7-8,11-12,15-16,19-20H2. The van der Waals surface area contributed by atoms with Crippen LogP contribution in [0, 0.1) is 0 Å². The Morgan fingerprint density at radius 3 is 1.14 bits per heavy atom. The van der Waals surface area contributed by atoms with Gasteiger partial charge in [-0.15, -0.1) is 0 Å². The third-order valence-corrected chi connectivity index (χ3v) is 7.76. The first-order valence-corrected chi connectivity index (χ1v) is 13.6. The van der Waals surface area contributed by atoms with Gasteiger partial charge in [0.05, 0.1) is 0 Å². The molecule has 0 aromatic heterocycles. The van der Waals surface area contributed by atoms with E-state index < -0.39 is 0 Å². The van der Waals surface area contributed by atoms with E-state index >= 15 is 0 Å². The van der Waals surface area contributed by atoms with E-state index in [2.05, 4.69) is 0 Å². The first-order chi connectivity index (χ1) is 17.7. The van der Waals surface area contributed by atoms with E-state index in [1.54, 1.807) is 0 Å². The number of nitrogens with zero attached hydrogens (tertiary/aromatic N) is 2. The quantitative estimate of drug-likeness (QED) is 0.364. The summed E-state index contributed by atoms with van der Waals surface area (Å²) >= 11 is 0. The average molecular weight is 481 g/mol. The molecule has 2 amide bonds. The van der Waals surface area contributed by atoms with Gasteiger partial charge in [0.1, 0.15) is 0 Å². The SMILES string of the molecule is O=C(c1ccc(C(=O)N(c2ccccc2)C2CCCCC2)cc1)N(c1ccccc1)C1CCCCC1. The molecule has 2 aliphatic carbocycles. The molecule has 0 N–H and O–H groups in total. The molecular weight excluding hydrogens is 444 g/mol. The Bertz CT molecular complexity index is 1040. The number of amides is 2. The highest BCUT2D eigenvalue weighted by Crippen LogP contribution is 2.31. The molecule has 4 nitrogen and oxygen atoms in total. The summed E-state index contributed by atoms with van der Waals surface area (Å²) in [5, 5.41) is 0. The Labute approximate surface area is 214 Å². The summed E-state index contributed by atoms with van der Waals surface area (Å²) in [6.07, 6.45) is 11.2. The molecule has 2 saturated carbocycles. The van der Waals surface area contributed by atoms with E-state index in [4.69, 9.17) is 0 Å². The number of hydrogen-bond donors (Lipinski definition) is 0. The zero-order valence-electron chi connectivity index (χ0n) is 21.0. The molecule has 0 saturated heterocycles. The lowest BCUT2D eigenvalue weighted by Crippen LogP contribution is -2.42. The summed E-state index contributed by atoms with van der Waals surface area (Å²) in [6, 6.07) is 27.8. The summed E-state index contributed by atoms with van der Waals surface area (Å²) in [5.41, 5.74) is 3.15. The predicted molar refractivity (Wildman–Crippen MR) is 147 cm³/mol. The highest BCUT2D eigenvalue weighted by atomic mass is 16.2. The second kappa shape index (κ2) is 11.6. The van der Waals surface area contributed by atoms with E-state index in [1.165, 1.54) is 12.8 Å². The van der Waals surface area contributed by atoms with Crippen molar-refractivity contribution in [2.45, 2.75) is 76.3 Å². The Morgan fingerprint density at radius 1 is 0.472 bits per heavy atom. The van der Waals surface area contributed by atoms with Crippen molar-refractivity contribution in [3.05, 3.63) is 96.1 Å². The number of rotatable bonds is 6. The number of hydrogen-bond acceptors (Lipinski definition) is 2. The van der Waals surface area contributed by atoms with Gasteiger partial charge in [-0.05, 0) is 74.2 Å². The molecule has 0 radical (unpaired) electrons. The van der Waals surface area contributed by atoms with Crippen LogP contribution in [0.15, 0.2) is 84.9 Å². The van der Waals surface area contributed by atoms with Crippen LogP contribution in [0.2, 0.25) is 0 Å². The maximum absolute atomic E-state index is 13.8. The number of para-hydroxylation sites is 2. The molecule has 2 fully saturated rings. The van der Waals surface area contributed by atoms with Crippen LogP contribution in [0.1, 0.15) is 84.9 Å². The zero-order chi connectivity index (χ0) is 24.7. The minimum Gasteiger partial charge on any atom is -0.305 e. The van der Waals surface area contributed by atoms with Crippen molar-refractivity contribution < 1.29 is 9.59 Å². The molecule has 4 heteroatoms. The molecule has 0 aliphatic heterocycles. The molecule has 3 aromatic rings. The van der Waals surface area contributed by atoms with Gasteiger partial charge in [-0.25, -0.2) is 0 Å². The van der Waals surface area contributed by atoms with Crippen molar-refractivity contribution in [2.75, 3.05) is 9.80 Å². The van der Waals surface area contributed by atoms with Gasteiger partial charge in [-0.2, -0.15) is 0 Å². The van der Waals surface area contributed by atoms with Gasteiger partial charge in [0.25, 0.3) is 11.8 Å². The molecule has 0 spiro atoms. The molecule has 186 valence electrons. The van der Waals surface area contributed by atoms with Crippen molar-refractivity contribution in [1.29, 1.82) is 0 Å². The smallest absolute Gasteiger partial charge is 0.258 e. The first kappa shape index (κ1) is 24.3. The second-order valence-corrected chi connectivity index (χ2v) is 10.2. The van der Waals surface area contributed by atoms with Crippen LogP contribution >= 0.6 is 0 Å². The predicted octanol–water partition coefficient (Wildman–Crippen LogP) is 7.65. The fourth-order valence-corrected chi connectivity index (χ4v) is 5.88. The topological polar surface area (TPSA) is 40.6 Å². The van der Waals surface area contributed by atoms with Crippen LogP contribution in [-0.2, 0) is 0 Å². The summed E-state index contributed by atoms with van der Waals surface area (Å²) in [7, 11) is 0. The number of carbonyl (C=O) groups excluding carboxylic acids is 2. The first-order valence-electron chi connectivity index (χ1n) is 13.6. The Kier molecular flexibility index (Phi) is 7.80. The zero-order valence-corrected chi connectivity index (χ0v) is 21.0. The van der Waals surface area contributed by atoms with Crippen molar-refractivity contribution in [3.8, 4) is 0 Å². The van der Waals surface area contributed by atoms with Crippen molar-refractivity contribution in [2.24, 2.45) is 0 Å². The van der Waals surface area contributed by atoms with Crippen LogP contribution in [0.3, 0.4) is 0 Å². The van der Waals surface area contributed by atoms with Crippen LogP contribution in [0.25, 0.3) is 0 Å². The molecule has 3 aromatic carbocycles. The van der Waals surface area contributed by atoms with Gasteiger partial charge in [0.2, 0.25) is 0 Å². The third kappa shape index (κ3) is 5.38. The van der Waals surface area contributed by atoms with Gasteiger partial charge in [-0.1, -0.05) is 74.9 Å². The molecular formula is C32H36N2O2. The fourth-order valence-electron chi connectivity index (χ4n) is 5.88. The number of anilines is 2. The molecule has 36 heavy (non-hydrogen) atoms. The van der Waals surface area contributed by atoms with Crippen molar-refractivity contribution in [1.82, 2.24) is 0 Å². The summed E-state index contributed by atoms with van der Waals surface area (Å²) in [5.74, 6) is 0.0265. The molecule has 0 bridgehead atoms. The van der Waals surface area contributed by atoms with Gasteiger partial charge >= 0.3 is 0 Å². The van der Waals surface area contributed by atoms with Crippen LogP contribution in [-0.4, -0.2) is 23.9 Å². The molecule has 2 aliphatic rings. The number of carbonyl (C=O) groups is 2. The summed E-state index contributed by atoms with van der Waals surface area (Å²) in [4.78, 5) is 31.5. The molecule has 0 atom stereocenters. The van der Waals surface area contributed by atoms with Crippen molar-refractivity contribution in [3.63, 3.8) is 0 Å². The van der Waals surface area contributed by atoms with Crippen LogP contribution in [0.4, 0.5) is 11.4 Å². The summed E-state index contributed by atoms with van der Waals surface area (Å²) < 4.78 is 0. The van der Waals surface area contributed by atoms with E-state index in [9.17, 15) is 9.59 Å². The van der Waals surface area contributed by atoms with E-state index in [0.29, 0.717) is 11.1 Å². The largest absolute Gasteiger partial charge is 0.305 e. The lowest BCUT2D eigenvalue weighted by atomic mass is 9.92. The molecule has 5 rings (SSSR count). The Morgan fingerprint density at radius 2 is 0.806 bits per heavy atom. The maximum Gasteiger partial charge on any atom is 0.258 e.